The van der Waals surface area contributed by atoms with Gasteiger partial charge in [-0.2, -0.15) is 10.2 Å². The van der Waals surface area contributed by atoms with E-state index < -0.39 is 0 Å². The van der Waals surface area contributed by atoms with Gasteiger partial charge >= 0.3 is 0 Å². The number of halogens is 1. The highest BCUT2D eigenvalue weighted by molar-refractivity contribution is 6.31. The van der Waals surface area contributed by atoms with Gasteiger partial charge in [0.1, 0.15) is 0 Å². The number of aryl methyl sites for hydroxylation is 3. The Morgan fingerprint density at radius 2 is 1.82 bits per heavy atom. The van der Waals surface area contributed by atoms with E-state index in [1.54, 1.807) is 23.3 Å². The highest BCUT2D eigenvalue weighted by atomic mass is 35.5. The molecule has 0 aliphatic rings. The smallest absolute Gasteiger partial charge is 0.162 e. The SMILES string of the molecule is Cc1nn(-c2c(C=O)c(C)nn2C)c(C)c1Cl. The molecule has 0 spiro atoms. The standard InChI is InChI=1S/C11H13ClN4O/c1-6-9(5-17)11(15(4)13-6)16-8(3)10(12)7(2)14-16/h5H,1-4H3. The second-order valence-corrected chi connectivity index (χ2v) is 4.34. The molecule has 0 amide bonds. The molecule has 6 heteroatoms. The maximum Gasteiger partial charge on any atom is 0.162 e. The van der Waals surface area contributed by atoms with E-state index in [9.17, 15) is 4.79 Å². The molecule has 0 saturated carbocycles. The lowest BCUT2D eigenvalue weighted by Gasteiger charge is -2.05. The van der Waals surface area contributed by atoms with Gasteiger partial charge < -0.3 is 0 Å². The lowest BCUT2D eigenvalue weighted by molar-refractivity contribution is 0.112. The molecule has 0 unspecified atom stereocenters. The minimum atomic E-state index is 0.537. The van der Waals surface area contributed by atoms with Crippen LogP contribution >= 0.6 is 11.6 Å². The van der Waals surface area contributed by atoms with Gasteiger partial charge in [-0.05, 0) is 20.8 Å². The summed E-state index contributed by atoms with van der Waals surface area (Å²) >= 11 is 6.10. The lowest BCUT2D eigenvalue weighted by atomic mass is 10.2. The van der Waals surface area contributed by atoms with Crippen LogP contribution in [-0.4, -0.2) is 25.8 Å². The van der Waals surface area contributed by atoms with Crippen LogP contribution in [0, 0.1) is 20.8 Å². The molecule has 0 N–H and O–H groups in total. The maximum absolute atomic E-state index is 11.1. The monoisotopic (exact) mass is 252 g/mol. The van der Waals surface area contributed by atoms with Crippen molar-refractivity contribution in [1.29, 1.82) is 0 Å². The topological polar surface area (TPSA) is 52.7 Å². The first-order valence-corrected chi connectivity index (χ1v) is 5.56. The molecule has 5 nitrogen and oxygen atoms in total. The fourth-order valence-electron chi connectivity index (χ4n) is 1.88. The van der Waals surface area contributed by atoms with Crippen molar-refractivity contribution < 1.29 is 4.79 Å². The van der Waals surface area contributed by atoms with Crippen molar-refractivity contribution in [3.05, 3.63) is 27.7 Å². The summed E-state index contributed by atoms with van der Waals surface area (Å²) in [6.07, 6.45) is 0.794. The van der Waals surface area contributed by atoms with Gasteiger partial charge in [0.15, 0.2) is 12.1 Å². The van der Waals surface area contributed by atoms with Crippen LogP contribution in [0.2, 0.25) is 5.02 Å². The van der Waals surface area contributed by atoms with E-state index in [1.807, 2.05) is 13.8 Å². The third kappa shape index (κ3) is 1.67. The number of carbonyl (C=O) groups is 1. The van der Waals surface area contributed by atoms with Crippen molar-refractivity contribution in [2.75, 3.05) is 0 Å². The molecular weight excluding hydrogens is 240 g/mol. The molecule has 0 atom stereocenters. The summed E-state index contributed by atoms with van der Waals surface area (Å²) in [4.78, 5) is 11.1. The first-order chi connectivity index (χ1) is 7.97. The van der Waals surface area contributed by atoms with E-state index in [1.165, 1.54) is 0 Å². The number of aromatic nitrogens is 4. The Kier molecular flexibility index (Phi) is 2.79. The Hall–Kier alpha value is -1.62. The Bertz CT molecular complexity index is 597. The van der Waals surface area contributed by atoms with E-state index in [-0.39, 0.29) is 0 Å². The molecule has 0 fully saturated rings. The van der Waals surface area contributed by atoms with Gasteiger partial charge in [-0.15, -0.1) is 0 Å². The Morgan fingerprint density at radius 1 is 1.18 bits per heavy atom. The Morgan fingerprint density at radius 3 is 2.29 bits per heavy atom. The number of aldehydes is 1. The van der Waals surface area contributed by atoms with Crippen molar-refractivity contribution in [1.82, 2.24) is 19.6 Å². The first-order valence-electron chi connectivity index (χ1n) is 5.18. The van der Waals surface area contributed by atoms with E-state index >= 15 is 0 Å². The van der Waals surface area contributed by atoms with Crippen LogP contribution < -0.4 is 0 Å². The van der Waals surface area contributed by atoms with Crippen molar-refractivity contribution >= 4 is 17.9 Å². The summed E-state index contributed by atoms with van der Waals surface area (Å²) in [5.41, 5.74) is 2.76. The molecule has 17 heavy (non-hydrogen) atoms. The maximum atomic E-state index is 11.1. The van der Waals surface area contributed by atoms with Crippen molar-refractivity contribution in [2.24, 2.45) is 7.05 Å². The van der Waals surface area contributed by atoms with E-state index in [2.05, 4.69) is 10.2 Å². The summed E-state index contributed by atoms with van der Waals surface area (Å²) in [7, 11) is 1.78. The van der Waals surface area contributed by atoms with Crippen LogP contribution in [0.1, 0.15) is 27.4 Å². The second-order valence-electron chi connectivity index (χ2n) is 3.96. The average molecular weight is 253 g/mol. The van der Waals surface area contributed by atoms with Gasteiger partial charge in [-0.1, -0.05) is 11.6 Å². The number of nitrogens with zero attached hydrogens (tertiary/aromatic N) is 4. The summed E-state index contributed by atoms with van der Waals surface area (Å²) in [5, 5.41) is 9.16. The van der Waals surface area contributed by atoms with Crippen LogP contribution in [0.5, 0.6) is 0 Å². The molecule has 90 valence electrons. The molecule has 2 rings (SSSR count). The van der Waals surface area contributed by atoms with Crippen molar-refractivity contribution in [2.45, 2.75) is 20.8 Å². The van der Waals surface area contributed by atoms with Crippen LogP contribution in [0.4, 0.5) is 0 Å². The number of rotatable bonds is 2. The minimum Gasteiger partial charge on any atom is -0.298 e. The third-order valence-corrected chi connectivity index (χ3v) is 3.31. The zero-order valence-electron chi connectivity index (χ0n) is 10.2. The molecule has 0 aliphatic heterocycles. The van der Waals surface area contributed by atoms with Gasteiger partial charge in [0, 0.05) is 7.05 Å². The van der Waals surface area contributed by atoms with E-state index in [0.717, 1.165) is 17.7 Å². The Balaban J connectivity index is 2.76. The molecule has 0 saturated heterocycles. The van der Waals surface area contributed by atoms with Crippen LogP contribution in [0.3, 0.4) is 0 Å². The highest BCUT2D eigenvalue weighted by Crippen LogP contribution is 2.24. The number of carbonyl (C=O) groups excluding carboxylic acids is 1. The van der Waals surface area contributed by atoms with E-state index in [4.69, 9.17) is 11.6 Å². The zero-order chi connectivity index (χ0) is 12.7. The van der Waals surface area contributed by atoms with Crippen LogP contribution in [0.15, 0.2) is 0 Å². The second kappa shape index (κ2) is 4.00. The number of hydrogen-bond acceptors (Lipinski definition) is 3. The van der Waals surface area contributed by atoms with Gasteiger partial charge in [0.05, 0.1) is 27.7 Å². The third-order valence-electron chi connectivity index (χ3n) is 2.76. The normalized spacial score (nSPS) is 10.9. The van der Waals surface area contributed by atoms with Gasteiger partial charge in [-0.25, -0.2) is 4.68 Å². The molecule has 2 heterocycles. The lowest BCUT2D eigenvalue weighted by Crippen LogP contribution is -2.08. The first kappa shape index (κ1) is 11.9. The van der Waals surface area contributed by atoms with Crippen molar-refractivity contribution in [3.8, 4) is 5.82 Å². The fourth-order valence-corrected chi connectivity index (χ4v) is 2.00. The molecule has 0 radical (unpaired) electrons. The quantitative estimate of drug-likeness (QED) is 0.768. The van der Waals surface area contributed by atoms with Gasteiger partial charge in [0.25, 0.3) is 0 Å². The molecule has 0 aromatic carbocycles. The molecular formula is C11H13ClN4O. The summed E-state index contributed by atoms with van der Waals surface area (Å²) < 4.78 is 3.29. The molecule has 0 bridgehead atoms. The van der Waals surface area contributed by atoms with Crippen molar-refractivity contribution in [3.63, 3.8) is 0 Å². The predicted molar refractivity (Wildman–Crippen MR) is 64.9 cm³/mol. The Labute approximate surface area is 104 Å². The molecule has 2 aromatic heterocycles. The van der Waals surface area contributed by atoms with E-state index in [0.29, 0.717) is 22.1 Å². The van der Waals surface area contributed by atoms with Crippen LogP contribution in [-0.2, 0) is 7.05 Å². The zero-order valence-corrected chi connectivity index (χ0v) is 10.9. The fraction of sp³-hybridized carbons (Fsp3) is 0.364. The molecule has 0 aliphatic carbocycles. The average Bonchev–Trinajstić information content (AvgIpc) is 2.69. The highest BCUT2D eigenvalue weighted by Gasteiger charge is 2.19. The summed E-state index contributed by atoms with van der Waals surface area (Å²) in [6, 6.07) is 0. The van der Waals surface area contributed by atoms with Gasteiger partial charge in [0.2, 0.25) is 0 Å². The molecule has 2 aromatic rings. The summed E-state index contributed by atoms with van der Waals surface area (Å²) in [5.74, 6) is 0.644. The summed E-state index contributed by atoms with van der Waals surface area (Å²) in [6.45, 7) is 5.48. The predicted octanol–water partition coefficient (Wildman–Crippen LogP) is 2.00. The largest absolute Gasteiger partial charge is 0.298 e. The minimum absolute atomic E-state index is 0.537. The van der Waals surface area contributed by atoms with Crippen LogP contribution in [0.25, 0.3) is 5.82 Å². The number of hydrogen-bond donors (Lipinski definition) is 0. The van der Waals surface area contributed by atoms with Gasteiger partial charge in [-0.3, -0.25) is 9.48 Å².